The Morgan fingerprint density at radius 3 is 2.88 bits per heavy atom. The van der Waals surface area contributed by atoms with Crippen molar-refractivity contribution in [1.29, 1.82) is 0 Å². The second-order valence-electron chi connectivity index (χ2n) is 4.54. The Morgan fingerprint density at radius 1 is 1.56 bits per heavy atom. The Kier molecular flexibility index (Phi) is 3.13. The molecule has 1 aromatic rings. The van der Waals surface area contributed by atoms with Crippen molar-refractivity contribution in [3.05, 3.63) is 22.7 Å². The van der Waals surface area contributed by atoms with E-state index in [1.54, 1.807) is 0 Å². The molecule has 4 heteroatoms. The molecule has 2 unspecified atom stereocenters. The molecule has 1 aromatic carbocycles. The van der Waals surface area contributed by atoms with Crippen LogP contribution < -0.4 is 11.1 Å². The summed E-state index contributed by atoms with van der Waals surface area (Å²) in [5, 5.41) is 3.49. The molecule has 0 saturated carbocycles. The maximum atomic E-state index is 5.97. The molecule has 0 aromatic heterocycles. The lowest BCUT2D eigenvalue weighted by Gasteiger charge is -2.30. The number of nitrogen functional groups attached to an aromatic ring is 1. The van der Waals surface area contributed by atoms with Crippen molar-refractivity contribution < 1.29 is 4.74 Å². The molecule has 1 saturated heterocycles. The summed E-state index contributed by atoms with van der Waals surface area (Å²) in [6.45, 7) is 5.07. The van der Waals surface area contributed by atoms with Gasteiger partial charge in [-0.1, -0.05) is 15.9 Å². The maximum Gasteiger partial charge on any atom is 0.0774 e. The second kappa shape index (κ2) is 4.26. The highest BCUT2D eigenvalue weighted by Gasteiger charge is 2.37. The van der Waals surface area contributed by atoms with Gasteiger partial charge in [-0.3, -0.25) is 0 Å². The van der Waals surface area contributed by atoms with E-state index < -0.39 is 0 Å². The molecule has 2 atom stereocenters. The molecule has 1 heterocycles. The molecule has 2 rings (SSSR count). The Balaban J connectivity index is 2.20. The van der Waals surface area contributed by atoms with E-state index in [0.29, 0.717) is 0 Å². The molecule has 3 nitrogen and oxygen atoms in total. The SMILES string of the molecule is CC1OCCC1(C)Nc1ccc(Br)cc1N. The van der Waals surface area contributed by atoms with Crippen LogP contribution in [0.5, 0.6) is 0 Å². The zero-order valence-electron chi connectivity index (χ0n) is 9.59. The highest BCUT2D eigenvalue weighted by molar-refractivity contribution is 9.10. The minimum absolute atomic E-state index is 0.0258. The Morgan fingerprint density at radius 2 is 2.31 bits per heavy atom. The molecule has 88 valence electrons. The Labute approximate surface area is 104 Å². The maximum absolute atomic E-state index is 5.97. The summed E-state index contributed by atoms with van der Waals surface area (Å²) < 4.78 is 6.59. The average molecular weight is 285 g/mol. The molecule has 0 bridgehead atoms. The van der Waals surface area contributed by atoms with Crippen molar-refractivity contribution in [1.82, 2.24) is 0 Å². The summed E-state index contributed by atoms with van der Waals surface area (Å²) in [4.78, 5) is 0. The molecular formula is C12H17BrN2O. The van der Waals surface area contributed by atoms with Crippen molar-refractivity contribution in [3.63, 3.8) is 0 Å². The van der Waals surface area contributed by atoms with Crippen molar-refractivity contribution in [2.75, 3.05) is 17.7 Å². The van der Waals surface area contributed by atoms with E-state index in [1.807, 2.05) is 18.2 Å². The number of nitrogens with one attached hydrogen (secondary N) is 1. The average Bonchev–Trinajstić information content (AvgIpc) is 2.52. The van der Waals surface area contributed by atoms with Gasteiger partial charge < -0.3 is 15.8 Å². The van der Waals surface area contributed by atoms with Gasteiger partial charge in [0.15, 0.2) is 0 Å². The van der Waals surface area contributed by atoms with Crippen molar-refractivity contribution in [2.24, 2.45) is 0 Å². The minimum atomic E-state index is -0.0258. The lowest BCUT2D eigenvalue weighted by Crippen LogP contribution is -2.41. The van der Waals surface area contributed by atoms with E-state index in [4.69, 9.17) is 10.5 Å². The summed E-state index contributed by atoms with van der Waals surface area (Å²) in [6, 6.07) is 5.89. The first-order valence-electron chi connectivity index (χ1n) is 5.46. The summed E-state index contributed by atoms with van der Waals surface area (Å²) in [5.74, 6) is 0. The first-order chi connectivity index (χ1) is 7.51. The first kappa shape index (κ1) is 11.7. The van der Waals surface area contributed by atoms with Crippen LogP contribution in [0.2, 0.25) is 0 Å². The number of halogens is 1. The predicted molar refractivity (Wildman–Crippen MR) is 70.6 cm³/mol. The van der Waals surface area contributed by atoms with Crippen molar-refractivity contribution in [2.45, 2.75) is 31.9 Å². The van der Waals surface area contributed by atoms with Gasteiger partial charge in [0, 0.05) is 11.1 Å². The van der Waals surface area contributed by atoms with Crippen molar-refractivity contribution in [3.8, 4) is 0 Å². The van der Waals surface area contributed by atoms with Crippen LogP contribution in [0.15, 0.2) is 22.7 Å². The van der Waals surface area contributed by atoms with E-state index >= 15 is 0 Å². The molecule has 0 radical (unpaired) electrons. The zero-order valence-corrected chi connectivity index (χ0v) is 11.2. The molecule has 1 aliphatic rings. The minimum Gasteiger partial charge on any atom is -0.397 e. The Bertz CT molecular complexity index is 397. The first-order valence-corrected chi connectivity index (χ1v) is 6.25. The van der Waals surface area contributed by atoms with Crippen LogP contribution in [0.4, 0.5) is 11.4 Å². The number of ether oxygens (including phenoxy) is 1. The summed E-state index contributed by atoms with van der Waals surface area (Å²) in [5.41, 5.74) is 7.68. The van der Waals surface area contributed by atoms with Gasteiger partial charge in [0.25, 0.3) is 0 Å². The second-order valence-corrected chi connectivity index (χ2v) is 5.45. The summed E-state index contributed by atoms with van der Waals surface area (Å²) in [7, 11) is 0. The largest absolute Gasteiger partial charge is 0.397 e. The van der Waals surface area contributed by atoms with E-state index in [-0.39, 0.29) is 11.6 Å². The number of nitrogens with two attached hydrogens (primary N) is 1. The van der Waals surface area contributed by atoms with Gasteiger partial charge in [-0.15, -0.1) is 0 Å². The van der Waals surface area contributed by atoms with E-state index in [2.05, 4.69) is 35.1 Å². The number of anilines is 2. The van der Waals surface area contributed by atoms with Gasteiger partial charge in [0.1, 0.15) is 0 Å². The third-order valence-electron chi connectivity index (χ3n) is 3.32. The third kappa shape index (κ3) is 2.18. The van der Waals surface area contributed by atoms with Gasteiger partial charge in [-0.25, -0.2) is 0 Å². The third-order valence-corrected chi connectivity index (χ3v) is 3.81. The highest BCUT2D eigenvalue weighted by atomic mass is 79.9. The van der Waals surface area contributed by atoms with Gasteiger partial charge in [-0.2, -0.15) is 0 Å². The van der Waals surface area contributed by atoms with Crippen LogP contribution in [-0.4, -0.2) is 18.2 Å². The molecule has 0 aliphatic carbocycles. The summed E-state index contributed by atoms with van der Waals surface area (Å²) in [6.07, 6.45) is 1.21. The molecular weight excluding hydrogens is 268 g/mol. The molecule has 1 aliphatic heterocycles. The number of hydrogen-bond donors (Lipinski definition) is 2. The van der Waals surface area contributed by atoms with E-state index in [1.165, 1.54) is 0 Å². The number of benzene rings is 1. The van der Waals surface area contributed by atoms with Crippen LogP contribution in [0.25, 0.3) is 0 Å². The lowest BCUT2D eigenvalue weighted by atomic mass is 9.94. The topological polar surface area (TPSA) is 47.3 Å². The monoisotopic (exact) mass is 284 g/mol. The van der Waals surface area contributed by atoms with E-state index in [9.17, 15) is 0 Å². The fraction of sp³-hybridized carbons (Fsp3) is 0.500. The fourth-order valence-corrected chi connectivity index (χ4v) is 2.33. The number of hydrogen-bond acceptors (Lipinski definition) is 3. The van der Waals surface area contributed by atoms with E-state index in [0.717, 1.165) is 28.9 Å². The standard InChI is InChI=1S/C12H17BrN2O/c1-8-12(2,5-6-16-8)15-11-4-3-9(13)7-10(11)14/h3-4,7-8,15H,5-6,14H2,1-2H3. The molecule has 0 amide bonds. The molecule has 16 heavy (non-hydrogen) atoms. The predicted octanol–water partition coefficient (Wildman–Crippen LogP) is 3.01. The van der Waals surface area contributed by atoms with Gasteiger partial charge in [0.05, 0.1) is 23.0 Å². The molecule has 1 fully saturated rings. The van der Waals surface area contributed by atoms with Crippen LogP contribution in [0, 0.1) is 0 Å². The normalized spacial score (nSPS) is 29.3. The van der Waals surface area contributed by atoms with Crippen molar-refractivity contribution >= 4 is 27.3 Å². The lowest BCUT2D eigenvalue weighted by molar-refractivity contribution is 0.105. The quantitative estimate of drug-likeness (QED) is 0.821. The highest BCUT2D eigenvalue weighted by Crippen LogP contribution is 2.32. The summed E-state index contributed by atoms with van der Waals surface area (Å²) >= 11 is 3.40. The smallest absolute Gasteiger partial charge is 0.0774 e. The van der Waals surface area contributed by atoms with Crippen LogP contribution in [-0.2, 0) is 4.74 Å². The fourth-order valence-electron chi connectivity index (χ4n) is 1.95. The number of rotatable bonds is 2. The van der Waals surface area contributed by atoms with Gasteiger partial charge in [-0.05, 0) is 38.5 Å². The Hall–Kier alpha value is -0.740. The van der Waals surface area contributed by atoms with Gasteiger partial charge in [0.2, 0.25) is 0 Å². The molecule has 3 N–H and O–H groups in total. The zero-order chi connectivity index (χ0) is 11.8. The van der Waals surface area contributed by atoms with Crippen LogP contribution in [0.1, 0.15) is 20.3 Å². The van der Waals surface area contributed by atoms with Gasteiger partial charge >= 0.3 is 0 Å². The molecule has 0 spiro atoms. The van der Waals surface area contributed by atoms with Crippen LogP contribution >= 0.6 is 15.9 Å². The van der Waals surface area contributed by atoms with Crippen LogP contribution in [0.3, 0.4) is 0 Å².